The van der Waals surface area contributed by atoms with Gasteiger partial charge in [-0.05, 0) is 60.6 Å². The molecule has 0 N–H and O–H groups in total. The summed E-state index contributed by atoms with van der Waals surface area (Å²) < 4.78 is 28.0. The molecule has 4 nitrogen and oxygen atoms in total. The fourth-order valence-corrected chi connectivity index (χ4v) is 5.63. The second-order valence-corrected chi connectivity index (χ2v) is 8.55. The Morgan fingerprint density at radius 3 is 2.71 bits per heavy atom. The highest BCUT2D eigenvalue weighted by molar-refractivity contribution is 9.10. The Labute approximate surface area is 140 Å². The summed E-state index contributed by atoms with van der Waals surface area (Å²) in [6.45, 7) is 1.33. The summed E-state index contributed by atoms with van der Waals surface area (Å²) in [5.74, 6) is 0.367. The maximum absolute atomic E-state index is 12.9. The molecule has 21 heavy (non-hydrogen) atoms. The van der Waals surface area contributed by atoms with E-state index in [1.807, 2.05) is 19.0 Å². The van der Waals surface area contributed by atoms with Crippen LogP contribution in [0.3, 0.4) is 0 Å². The Kier molecular flexibility index (Phi) is 5.71. The summed E-state index contributed by atoms with van der Waals surface area (Å²) >= 11 is 9.15. The monoisotopic (exact) mass is 394 g/mol. The molecule has 0 spiro atoms. The van der Waals surface area contributed by atoms with Gasteiger partial charge in [-0.1, -0.05) is 6.07 Å². The second-order valence-electron chi connectivity index (χ2n) is 5.57. The number of sulfonamides is 1. The lowest BCUT2D eigenvalue weighted by Gasteiger charge is -2.26. The molecule has 0 saturated carbocycles. The minimum atomic E-state index is -3.47. The van der Waals surface area contributed by atoms with Crippen LogP contribution in [0.2, 0.25) is 0 Å². The van der Waals surface area contributed by atoms with Crippen molar-refractivity contribution in [2.45, 2.75) is 29.7 Å². The van der Waals surface area contributed by atoms with Crippen LogP contribution in [0.15, 0.2) is 27.6 Å². The van der Waals surface area contributed by atoms with Crippen molar-refractivity contribution in [1.29, 1.82) is 0 Å². The van der Waals surface area contributed by atoms with Crippen molar-refractivity contribution in [3.63, 3.8) is 0 Å². The Hall–Kier alpha value is -0.140. The van der Waals surface area contributed by atoms with Crippen molar-refractivity contribution < 1.29 is 8.42 Å². The van der Waals surface area contributed by atoms with E-state index in [0.29, 0.717) is 21.8 Å². The van der Waals surface area contributed by atoms with Crippen LogP contribution in [0, 0.1) is 0 Å². The number of hydrogen-bond acceptors (Lipinski definition) is 3. The molecule has 0 amide bonds. The number of rotatable bonds is 5. The van der Waals surface area contributed by atoms with Crippen LogP contribution >= 0.6 is 27.5 Å². The Morgan fingerprint density at radius 1 is 1.43 bits per heavy atom. The molecule has 1 heterocycles. The highest BCUT2D eigenvalue weighted by Gasteiger charge is 2.36. The minimum absolute atomic E-state index is 0.0459. The summed E-state index contributed by atoms with van der Waals surface area (Å²) in [5, 5.41) is 0. The maximum Gasteiger partial charge on any atom is 0.244 e. The number of hydrogen-bond donors (Lipinski definition) is 0. The highest BCUT2D eigenvalue weighted by atomic mass is 79.9. The molecule has 0 aliphatic carbocycles. The normalized spacial score (nSPS) is 20.3. The molecule has 1 aliphatic rings. The van der Waals surface area contributed by atoms with Gasteiger partial charge in [-0.3, -0.25) is 0 Å². The molecule has 0 aromatic heterocycles. The zero-order valence-electron chi connectivity index (χ0n) is 12.2. The van der Waals surface area contributed by atoms with Gasteiger partial charge in [-0.25, -0.2) is 8.42 Å². The van der Waals surface area contributed by atoms with Gasteiger partial charge < -0.3 is 4.90 Å². The van der Waals surface area contributed by atoms with Crippen LogP contribution in [0.5, 0.6) is 0 Å². The van der Waals surface area contributed by atoms with Crippen molar-refractivity contribution in [1.82, 2.24) is 9.21 Å². The van der Waals surface area contributed by atoms with E-state index in [1.165, 1.54) is 0 Å². The fraction of sp³-hybridized carbons (Fsp3) is 0.571. The van der Waals surface area contributed by atoms with E-state index in [1.54, 1.807) is 22.5 Å². The standard InChI is InChI=1S/C14H20BrClN2O2S/c1-17(2)10-12-4-3-7-18(12)21(19,20)14-6-5-11(9-16)8-13(14)15/h5-6,8,12H,3-4,7,9-10H2,1-2H3. The molecule has 2 rings (SSSR count). The second kappa shape index (κ2) is 6.96. The Morgan fingerprint density at radius 2 is 2.14 bits per heavy atom. The maximum atomic E-state index is 12.9. The number of halogens is 2. The fourth-order valence-electron chi connectivity index (χ4n) is 2.69. The third-order valence-corrected chi connectivity index (χ3v) is 6.87. The lowest BCUT2D eigenvalue weighted by atomic mass is 10.2. The quantitative estimate of drug-likeness (QED) is 0.720. The van der Waals surface area contributed by atoms with E-state index in [4.69, 9.17) is 11.6 Å². The van der Waals surface area contributed by atoms with Gasteiger partial charge in [0, 0.05) is 29.5 Å². The van der Waals surface area contributed by atoms with Crippen LogP contribution in [0.1, 0.15) is 18.4 Å². The van der Waals surface area contributed by atoms with Crippen molar-refractivity contribution in [3.05, 3.63) is 28.2 Å². The number of benzene rings is 1. The first-order chi connectivity index (χ1) is 9.86. The van der Waals surface area contributed by atoms with Crippen LogP contribution in [-0.4, -0.2) is 50.8 Å². The molecule has 7 heteroatoms. The predicted molar refractivity (Wildman–Crippen MR) is 89.2 cm³/mol. The third-order valence-electron chi connectivity index (χ3n) is 3.64. The molecule has 1 aromatic rings. The molecular formula is C14H20BrClN2O2S. The van der Waals surface area contributed by atoms with E-state index >= 15 is 0 Å². The van der Waals surface area contributed by atoms with E-state index < -0.39 is 10.0 Å². The van der Waals surface area contributed by atoms with Gasteiger partial charge in [0.05, 0.1) is 4.90 Å². The van der Waals surface area contributed by atoms with Crippen LogP contribution < -0.4 is 0 Å². The molecular weight excluding hydrogens is 376 g/mol. The molecule has 1 atom stereocenters. The summed E-state index contributed by atoms with van der Waals surface area (Å²) in [6.07, 6.45) is 1.82. The van der Waals surface area contributed by atoms with Crippen LogP contribution in [-0.2, 0) is 15.9 Å². The average Bonchev–Trinajstić information content (AvgIpc) is 2.86. The molecule has 1 aromatic carbocycles. The summed E-state index contributed by atoms with van der Waals surface area (Å²) in [7, 11) is 0.461. The van der Waals surface area contributed by atoms with Gasteiger partial charge in [0.15, 0.2) is 0 Å². The van der Waals surface area contributed by atoms with E-state index in [-0.39, 0.29) is 6.04 Å². The summed E-state index contributed by atoms with van der Waals surface area (Å²) in [6, 6.07) is 5.23. The van der Waals surface area contributed by atoms with Crippen LogP contribution in [0.25, 0.3) is 0 Å². The molecule has 1 unspecified atom stereocenters. The van der Waals surface area contributed by atoms with Gasteiger partial charge in [-0.15, -0.1) is 11.6 Å². The smallest absolute Gasteiger partial charge is 0.244 e. The van der Waals surface area contributed by atoms with Crippen molar-refractivity contribution >= 4 is 37.6 Å². The van der Waals surface area contributed by atoms with Crippen molar-refractivity contribution in [3.8, 4) is 0 Å². The Balaban J connectivity index is 2.33. The molecule has 1 aliphatic heterocycles. The summed E-state index contributed by atoms with van der Waals surface area (Å²) in [5.41, 5.74) is 0.897. The number of alkyl halides is 1. The van der Waals surface area contributed by atoms with E-state index in [0.717, 1.165) is 24.9 Å². The summed E-state index contributed by atoms with van der Waals surface area (Å²) in [4.78, 5) is 2.35. The first-order valence-electron chi connectivity index (χ1n) is 6.87. The number of nitrogens with zero attached hydrogens (tertiary/aromatic N) is 2. The van der Waals surface area contributed by atoms with Crippen molar-refractivity contribution in [2.24, 2.45) is 0 Å². The minimum Gasteiger partial charge on any atom is -0.308 e. The van der Waals surface area contributed by atoms with E-state index in [2.05, 4.69) is 15.9 Å². The molecule has 0 bridgehead atoms. The zero-order chi connectivity index (χ0) is 15.6. The van der Waals surface area contributed by atoms with Gasteiger partial charge in [0.25, 0.3) is 0 Å². The lowest BCUT2D eigenvalue weighted by Crippen LogP contribution is -2.41. The van der Waals surface area contributed by atoms with Crippen LogP contribution in [0.4, 0.5) is 0 Å². The molecule has 1 saturated heterocycles. The van der Waals surface area contributed by atoms with E-state index in [9.17, 15) is 8.42 Å². The zero-order valence-corrected chi connectivity index (χ0v) is 15.4. The topological polar surface area (TPSA) is 40.6 Å². The molecule has 118 valence electrons. The molecule has 0 radical (unpaired) electrons. The third kappa shape index (κ3) is 3.79. The first-order valence-corrected chi connectivity index (χ1v) is 9.64. The first kappa shape index (κ1) is 17.2. The largest absolute Gasteiger partial charge is 0.308 e. The van der Waals surface area contributed by atoms with Gasteiger partial charge in [0.1, 0.15) is 0 Å². The van der Waals surface area contributed by atoms with Gasteiger partial charge in [-0.2, -0.15) is 4.31 Å². The Bertz CT molecular complexity index is 607. The van der Waals surface area contributed by atoms with Gasteiger partial charge in [0.2, 0.25) is 10.0 Å². The predicted octanol–water partition coefficient (Wildman–Crippen LogP) is 2.90. The SMILES string of the molecule is CN(C)CC1CCCN1S(=O)(=O)c1ccc(CCl)cc1Br. The lowest BCUT2D eigenvalue weighted by molar-refractivity contribution is 0.291. The number of likely N-dealkylation sites (N-methyl/N-ethyl adjacent to an activating group) is 1. The average molecular weight is 396 g/mol. The highest BCUT2D eigenvalue weighted by Crippen LogP contribution is 2.31. The van der Waals surface area contributed by atoms with Gasteiger partial charge >= 0.3 is 0 Å². The van der Waals surface area contributed by atoms with Crippen molar-refractivity contribution in [2.75, 3.05) is 27.2 Å². The molecule has 1 fully saturated rings.